The molecule has 2 aromatic carbocycles. The number of hydrogen-bond acceptors (Lipinski definition) is 5. The van der Waals surface area contributed by atoms with Crippen molar-refractivity contribution in [1.82, 2.24) is 15.0 Å². The highest BCUT2D eigenvalue weighted by Gasteiger charge is 2.07. The van der Waals surface area contributed by atoms with Crippen molar-refractivity contribution in [3.05, 3.63) is 82.1 Å². The Labute approximate surface area is 173 Å². The molecule has 0 radical (unpaired) electrons. The van der Waals surface area contributed by atoms with Crippen molar-refractivity contribution in [2.75, 3.05) is 5.32 Å². The first kappa shape index (κ1) is 18.6. The van der Waals surface area contributed by atoms with Gasteiger partial charge in [0.05, 0.1) is 5.69 Å². The molecule has 140 valence electrons. The largest absolute Gasteiger partial charge is 0.366 e. The maximum atomic E-state index is 5.91. The van der Waals surface area contributed by atoms with E-state index < -0.39 is 0 Å². The molecule has 0 atom stereocenters. The number of nitrogens with zero attached hydrogens (tertiary/aromatic N) is 3. The molecular weight excluding hydrogens is 388 g/mol. The van der Waals surface area contributed by atoms with E-state index in [1.54, 1.807) is 11.3 Å². The predicted molar refractivity (Wildman–Crippen MR) is 117 cm³/mol. The summed E-state index contributed by atoms with van der Waals surface area (Å²) in [6.45, 7) is 4.65. The van der Waals surface area contributed by atoms with E-state index in [1.165, 1.54) is 5.56 Å². The minimum absolute atomic E-state index is 0.256. The van der Waals surface area contributed by atoms with Crippen molar-refractivity contribution in [3.63, 3.8) is 0 Å². The number of halogens is 1. The molecule has 0 aliphatic heterocycles. The van der Waals surface area contributed by atoms with Crippen molar-refractivity contribution >= 4 is 28.8 Å². The van der Waals surface area contributed by atoms with Crippen molar-refractivity contribution < 1.29 is 0 Å². The van der Waals surface area contributed by atoms with Crippen LogP contribution in [0.2, 0.25) is 5.28 Å². The van der Waals surface area contributed by atoms with Crippen LogP contribution in [0.25, 0.3) is 21.8 Å². The lowest BCUT2D eigenvalue weighted by molar-refractivity contribution is 1.05. The third-order valence-electron chi connectivity index (χ3n) is 4.35. The van der Waals surface area contributed by atoms with Gasteiger partial charge in [-0.2, -0.15) is 0 Å². The van der Waals surface area contributed by atoms with Crippen LogP contribution >= 0.6 is 22.9 Å². The molecule has 0 amide bonds. The number of anilines is 1. The van der Waals surface area contributed by atoms with Gasteiger partial charge >= 0.3 is 0 Å². The van der Waals surface area contributed by atoms with E-state index in [2.05, 4.69) is 76.1 Å². The average Bonchev–Trinajstić information content (AvgIpc) is 3.17. The lowest BCUT2D eigenvalue weighted by atomic mass is 10.1. The van der Waals surface area contributed by atoms with E-state index >= 15 is 0 Å². The standard InChI is InChI=1S/C22H19ClN4S/c1-14-3-7-17(8-4-14)19-13-28-21(26-19)18-9-5-16(6-10-18)12-24-20-11-15(2)25-22(23)27-20/h3-11,13H,12H2,1-2H3,(H,24,25,27). The maximum absolute atomic E-state index is 5.91. The van der Waals surface area contributed by atoms with E-state index in [1.807, 2.05) is 13.0 Å². The van der Waals surface area contributed by atoms with Crippen LogP contribution in [0, 0.1) is 13.8 Å². The number of aryl methyl sites for hydroxylation is 2. The molecule has 4 nitrogen and oxygen atoms in total. The van der Waals surface area contributed by atoms with Gasteiger partial charge in [0.1, 0.15) is 10.8 Å². The van der Waals surface area contributed by atoms with Crippen molar-refractivity contribution in [2.24, 2.45) is 0 Å². The molecule has 0 saturated carbocycles. The summed E-state index contributed by atoms with van der Waals surface area (Å²) < 4.78 is 0. The zero-order chi connectivity index (χ0) is 19.5. The Balaban J connectivity index is 1.45. The minimum atomic E-state index is 0.256. The van der Waals surface area contributed by atoms with Crippen LogP contribution in [0.4, 0.5) is 5.82 Å². The Morgan fingerprint density at radius 3 is 2.32 bits per heavy atom. The van der Waals surface area contributed by atoms with Gasteiger partial charge in [0, 0.05) is 34.8 Å². The Bertz CT molecular complexity index is 1070. The van der Waals surface area contributed by atoms with E-state index in [4.69, 9.17) is 16.6 Å². The van der Waals surface area contributed by atoms with Crippen LogP contribution in [0.1, 0.15) is 16.8 Å². The predicted octanol–water partition coefficient (Wildman–Crippen LogP) is 6.15. The van der Waals surface area contributed by atoms with Crippen LogP contribution in [0.15, 0.2) is 60.0 Å². The molecular formula is C22H19ClN4S. The fourth-order valence-corrected chi connectivity index (χ4v) is 3.90. The van der Waals surface area contributed by atoms with Gasteiger partial charge in [0.15, 0.2) is 0 Å². The van der Waals surface area contributed by atoms with E-state index in [0.29, 0.717) is 6.54 Å². The molecule has 0 unspecified atom stereocenters. The fraction of sp³-hybridized carbons (Fsp3) is 0.136. The van der Waals surface area contributed by atoms with Crippen LogP contribution in [-0.4, -0.2) is 15.0 Å². The quantitative estimate of drug-likeness (QED) is 0.404. The van der Waals surface area contributed by atoms with Crippen molar-refractivity contribution in [1.29, 1.82) is 0 Å². The molecule has 0 aliphatic rings. The third-order valence-corrected chi connectivity index (χ3v) is 5.41. The fourth-order valence-electron chi connectivity index (χ4n) is 2.84. The number of rotatable bonds is 5. The average molecular weight is 407 g/mol. The zero-order valence-electron chi connectivity index (χ0n) is 15.6. The summed E-state index contributed by atoms with van der Waals surface area (Å²) in [6, 6.07) is 18.7. The second-order valence-electron chi connectivity index (χ2n) is 6.62. The first-order valence-electron chi connectivity index (χ1n) is 8.94. The third kappa shape index (κ3) is 4.38. The van der Waals surface area contributed by atoms with E-state index in [-0.39, 0.29) is 5.28 Å². The van der Waals surface area contributed by atoms with Gasteiger partial charge in [-0.25, -0.2) is 15.0 Å². The lowest BCUT2D eigenvalue weighted by Gasteiger charge is -2.07. The Morgan fingerprint density at radius 2 is 1.61 bits per heavy atom. The molecule has 4 rings (SSSR count). The minimum Gasteiger partial charge on any atom is -0.366 e. The second-order valence-corrected chi connectivity index (χ2v) is 7.81. The van der Waals surface area contributed by atoms with Crippen LogP contribution in [0.5, 0.6) is 0 Å². The monoisotopic (exact) mass is 406 g/mol. The maximum Gasteiger partial charge on any atom is 0.224 e. The molecule has 4 aromatic rings. The molecule has 6 heteroatoms. The van der Waals surface area contributed by atoms with E-state index in [9.17, 15) is 0 Å². The highest BCUT2D eigenvalue weighted by Crippen LogP contribution is 2.29. The summed E-state index contributed by atoms with van der Waals surface area (Å²) in [6.07, 6.45) is 0. The summed E-state index contributed by atoms with van der Waals surface area (Å²) in [5.41, 5.74) is 6.53. The topological polar surface area (TPSA) is 50.7 Å². The molecule has 0 fully saturated rings. The summed E-state index contributed by atoms with van der Waals surface area (Å²) in [5, 5.41) is 6.67. The molecule has 2 heterocycles. The molecule has 2 aromatic heterocycles. The number of nitrogens with one attached hydrogen (secondary N) is 1. The van der Waals surface area contributed by atoms with Crippen molar-refractivity contribution in [2.45, 2.75) is 20.4 Å². The van der Waals surface area contributed by atoms with Crippen LogP contribution in [0.3, 0.4) is 0 Å². The highest BCUT2D eigenvalue weighted by molar-refractivity contribution is 7.13. The number of hydrogen-bond donors (Lipinski definition) is 1. The first-order chi connectivity index (χ1) is 13.6. The van der Waals surface area contributed by atoms with Gasteiger partial charge in [-0.05, 0) is 31.0 Å². The smallest absolute Gasteiger partial charge is 0.224 e. The molecule has 0 saturated heterocycles. The van der Waals surface area contributed by atoms with Gasteiger partial charge in [-0.1, -0.05) is 54.1 Å². The van der Waals surface area contributed by atoms with Gasteiger partial charge < -0.3 is 5.32 Å². The molecule has 0 bridgehead atoms. The summed E-state index contributed by atoms with van der Waals surface area (Å²) in [4.78, 5) is 13.1. The summed E-state index contributed by atoms with van der Waals surface area (Å²) in [5.74, 6) is 0.726. The first-order valence-corrected chi connectivity index (χ1v) is 10.2. The Morgan fingerprint density at radius 1 is 0.893 bits per heavy atom. The Kier molecular flexibility index (Phi) is 5.37. The number of aromatic nitrogens is 3. The molecule has 0 aliphatic carbocycles. The number of benzene rings is 2. The Hall–Kier alpha value is -2.76. The number of thiazole rings is 1. The summed E-state index contributed by atoms with van der Waals surface area (Å²) in [7, 11) is 0. The highest BCUT2D eigenvalue weighted by atomic mass is 35.5. The normalized spacial score (nSPS) is 10.8. The second kappa shape index (κ2) is 8.09. The molecule has 28 heavy (non-hydrogen) atoms. The summed E-state index contributed by atoms with van der Waals surface area (Å²) >= 11 is 7.57. The van der Waals surface area contributed by atoms with Gasteiger partial charge in [0.2, 0.25) is 5.28 Å². The molecule has 1 N–H and O–H groups in total. The van der Waals surface area contributed by atoms with Crippen LogP contribution in [-0.2, 0) is 6.54 Å². The van der Waals surface area contributed by atoms with Gasteiger partial charge in [0.25, 0.3) is 0 Å². The van der Waals surface area contributed by atoms with Crippen molar-refractivity contribution in [3.8, 4) is 21.8 Å². The molecule has 0 spiro atoms. The van der Waals surface area contributed by atoms with Gasteiger partial charge in [-0.3, -0.25) is 0 Å². The SMILES string of the molecule is Cc1ccc(-c2csc(-c3ccc(CNc4cc(C)nc(Cl)n4)cc3)n2)cc1. The zero-order valence-corrected chi connectivity index (χ0v) is 17.2. The van der Waals surface area contributed by atoms with Crippen LogP contribution < -0.4 is 5.32 Å². The lowest BCUT2D eigenvalue weighted by Crippen LogP contribution is -2.02. The van der Waals surface area contributed by atoms with Gasteiger partial charge in [-0.15, -0.1) is 11.3 Å². The van der Waals surface area contributed by atoms with E-state index in [0.717, 1.165) is 38.9 Å².